The average Bonchev–Trinajstić information content (AvgIpc) is 3.05. The molecular formula is C22H17ClFN3O3S. The summed E-state index contributed by atoms with van der Waals surface area (Å²) in [5, 5.41) is 6.06. The van der Waals surface area contributed by atoms with Crippen LogP contribution >= 0.6 is 11.6 Å². The van der Waals surface area contributed by atoms with E-state index in [1.165, 1.54) is 16.8 Å². The number of carbonyl (C=O) groups is 1. The van der Waals surface area contributed by atoms with Crippen molar-refractivity contribution >= 4 is 38.4 Å². The van der Waals surface area contributed by atoms with Gasteiger partial charge in [0.15, 0.2) is 0 Å². The number of sulfonamides is 1. The Kier molecular flexibility index (Phi) is 5.28. The number of carbonyl (C=O) groups excluding carboxylic acids is 1. The first-order valence-electron chi connectivity index (χ1n) is 9.20. The van der Waals surface area contributed by atoms with Gasteiger partial charge in [-0.05, 0) is 49.4 Å². The summed E-state index contributed by atoms with van der Waals surface area (Å²) in [6, 6.07) is 16.6. The second-order valence-corrected chi connectivity index (χ2v) is 9.34. The zero-order valence-electron chi connectivity index (χ0n) is 16.6. The average molecular weight is 458 g/mol. The predicted molar refractivity (Wildman–Crippen MR) is 119 cm³/mol. The van der Waals surface area contributed by atoms with Crippen LogP contribution in [0.25, 0.3) is 27.8 Å². The van der Waals surface area contributed by atoms with Crippen molar-refractivity contribution in [3.63, 3.8) is 0 Å². The van der Waals surface area contributed by atoms with Crippen molar-refractivity contribution in [2.24, 2.45) is 0 Å². The molecule has 158 valence electrons. The van der Waals surface area contributed by atoms with Gasteiger partial charge in [0.1, 0.15) is 17.2 Å². The Bertz CT molecular complexity index is 1430. The molecule has 4 aromatic rings. The molecule has 0 saturated carbocycles. The van der Waals surface area contributed by atoms with Gasteiger partial charge in [-0.3, -0.25) is 4.79 Å². The minimum absolute atomic E-state index is 0.114. The second kappa shape index (κ2) is 7.79. The molecule has 0 aliphatic carbocycles. The van der Waals surface area contributed by atoms with E-state index in [0.717, 1.165) is 28.8 Å². The van der Waals surface area contributed by atoms with E-state index in [1.807, 2.05) is 42.0 Å². The number of hydrogen-bond donors (Lipinski definition) is 1. The summed E-state index contributed by atoms with van der Waals surface area (Å²) in [6.45, 7) is 1.96. The van der Waals surface area contributed by atoms with Crippen LogP contribution in [0.4, 0.5) is 4.39 Å². The molecule has 0 bridgehead atoms. The van der Waals surface area contributed by atoms with E-state index in [1.54, 1.807) is 12.1 Å². The van der Waals surface area contributed by atoms with Gasteiger partial charge in [0.2, 0.25) is 10.0 Å². The normalized spacial score (nSPS) is 11.6. The van der Waals surface area contributed by atoms with Gasteiger partial charge in [-0.25, -0.2) is 22.2 Å². The Hall–Kier alpha value is -3.23. The Morgan fingerprint density at radius 1 is 1.06 bits per heavy atom. The summed E-state index contributed by atoms with van der Waals surface area (Å²) >= 11 is 6.00. The molecule has 0 atom stereocenters. The van der Waals surface area contributed by atoms with Crippen LogP contribution in [-0.4, -0.2) is 30.4 Å². The van der Waals surface area contributed by atoms with Gasteiger partial charge < -0.3 is 0 Å². The molecule has 1 heterocycles. The fraction of sp³-hybridized carbons (Fsp3) is 0.0909. The van der Waals surface area contributed by atoms with E-state index in [-0.39, 0.29) is 11.3 Å². The first kappa shape index (κ1) is 21.0. The molecule has 1 amide bonds. The molecular weight excluding hydrogens is 441 g/mol. The minimum atomic E-state index is -3.76. The maximum Gasteiger partial charge on any atom is 0.264 e. The van der Waals surface area contributed by atoms with Crippen LogP contribution in [0.3, 0.4) is 0 Å². The molecule has 0 aliphatic heterocycles. The quantitative estimate of drug-likeness (QED) is 0.490. The number of aromatic nitrogens is 2. The third kappa shape index (κ3) is 4.30. The van der Waals surface area contributed by atoms with Gasteiger partial charge in [-0.2, -0.15) is 5.10 Å². The van der Waals surface area contributed by atoms with Crippen molar-refractivity contribution in [1.29, 1.82) is 0 Å². The summed E-state index contributed by atoms with van der Waals surface area (Å²) in [4.78, 5) is 12.0. The molecule has 31 heavy (non-hydrogen) atoms. The number of nitrogens with one attached hydrogen (secondary N) is 1. The molecule has 1 N–H and O–H groups in total. The molecule has 6 nitrogen and oxygen atoms in total. The Labute approximate surface area is 183 Å². The number of rotatable bonds is 4. The number of amides is 1. The summed E-state index contributed by atoms with van der Waals surface area (Å²) in [6.07, 6.45) is 0.853. The summed E-state index contributed by atoms with van der Waals surface area (Å²) in [5.74, 6) is -1.62. The van der Waals surface area contributed by atoms with E-state index in [4.69, 9.17) is 11.6 Å². The SMILES string of the molecule is Cc1ccc2c(c1)c(-c1ccc(Cl)cc1)nn2-c1ccc(C(=O)NS(C)(=O)=O)cc1F. The Morgan fingerprint density at radius 2 is 1.77 bits per heavy atom. The fourth-order valence-corrected chi connectivity index (χ4v) is 3.86. The van der Waals surface area contributed by atoms with Crippen LogP contribution in [0, 0.1) is 12.7 Å². The zero-order valence-corrected chi connectivity index (χ0v) is 18.1. The molecule has 0 unspecified atom stereocenters. The van der Waals surface area contributed by atoms with Crippen molar-refractivity contribution in [2.75, 3.05) is 6.26 Å². The molecule has 0 radical (unpaired) electrons. The summed E-state index contributed by atoms with van der Waals surface area (Å²) in [7, 11) is -3.76. The number of hydrogen-bond acceptors (Lipinski definition) is 4. The predicted octanol–water partition coefficient (Wildman–Crippen LogP) is 4.48. The standard InChI is InChI=1S/C22H17ClFN3O3S/c1-13-3-9-19-17(11-13)21(14-4-7-16(23)8-5-14)25-27(19)20-10-6-15(12-18(20)24)22(28)26-31(2,29)30/h3-12H,1-2H3,(H,26,28). The smallest absolute Gasteiger partial charge is 0.264 e. The van der Waals surface area contributed by atoms with Gasteiger partial charge in [0.25, 0.3) is 5.91 Å². The Morgan fingerprint density at radius 3 is 2.42 bits per heavy atom. The largest absolute Gasteiger partial charge is 0.268 e. The van der Waals surface area contributed by atoms with E-state index < -0.39 is 21.7 Å². The monoisotopic (exact) mass is 457 g/mol. The molecule has 0 spiro atoms. The number of halogens is 2. The highest BCUT2D eigenvalue weighted by atomic mass is 35.5. The summed E-state index contributed by atoms with van der Waals surface area (Å²) < 4.78 is 40.8. The van der Waals surface area contributed by atoms with Crippen LogP contribution in [0.1, 0.15) is 15.9 Å². The first-order chi connectivity index (χ1) is 14.6. The van der Waals surface area contributed by atoms with Gasteiger partial charge in [-0.15, -0.1) is 0 Å². The number of aryl methyl sites for hydroxylation is 1. The van der Waals surface area contributed by atoms with Crippen LogP contribution < -0.4 is 4.72 Å². The van der Waals surface area contributed by atoms with Crippen molar-refractivity contribution in [3.8, 4) is 16.9 Å². The fourth-order valence-electron chi connectivity index (χ4n) is 3.28. The van der Waals surface area contributed by atoms with Crippen LogP contribution in [-0.2, 0) is 10.0 Å². The summed E-state index contributed by atoms with van der Waals surface area (Å²) in [5.41, 5.74) is 3.21. The molecule has 4 rings (SSSR count). The minimum Gasteiger partial charge on any atom is -0.268 e. The lowest BCUT2D eigenvalue weighted by Crippen LogP contribution is -2.29. The molecule has 0 aliphatic rings. The lowest BCUT2D eigenvalue weighted by Gasteiger charge is -2.08. The highest BCUT2D eigenvalue weighted by Crippen LogP contribution is 2.32. The molecule has 3 aromatic carbocycles. The van der Waals surface area contributed by atoms with Crippen LogP contribution in [0.2, 0.25) is 5.02 Å². The van der Waals surface area contributed by atoms with Gasteiger partial charge in [-0.1, -0.05) is 35.4 Å². The zero-order chi connectivity index (χ0) is 22.3. The first-order valence-corrected chi connectivity index (χ1v) is 11.5. The number of fused-ring (bicyclic) bond motifs is 1. The van der Waals surface area contributed by atoms with Crippen LogP contribution in [0.15, 0.2) is 60.7 Å². The lowest BCUT2D eigenvalue weighted by atomic mass is 10.1. The van der Waals surface area contributed by atoms with E-state index >= 15 is 0 Å². The second-order valence-electron chi connectivity index (χ2n) is 7.16. The van der Waals surface area contributed by atoms with Crippen molar-refractivity contribution in [3.05, 3.63) is 82.6 Å². The molecule has 0 saturated heterocycles. The third-order valence-corrected chi connectivity index (χ3v) is 5.48. The lowest BCUT2D eigenvalue weighted by molar-refractivity contribution is 0.0981. The van der Waals surface area contributed by atoms with E-state index in [2.05, 4.69) is 5.10 Å². The van der Waals surface area contributed by atoms with E-state index in [0.29, 0.717) is 16.2 Å². The highest BCUT2D eigenvalue weighted by molar-refractivity contribution is 7.89. The highest BCUT2D eigenvalue weighted by Gasteiger charge is 2.18. The maximum atomic E-state index is 15.0. The van der Waals surface area contributed by atoms with Crippen molar-refractivity contribution in [2.45, 2.75) is 6.92 Å². The maximum absolute atomic E-state index is 15.0. The number of benzene rings is 3. The third-order valence-electron chi connectivity index (χ3n) is 4.67. The van der Waals surface area contributed by atoms with E-state index in [9.17, 15) is 17.6 Å². The topological polar surface area (TPSA) is 81.1 Å². The Balaban J connectivity index is 1.85. The van der Waals surface area contributed by atoms with Gasteiger partial charge in [0, 0.05) is 21.5 Å². The van der Waals surface area contributed by atoms with Gasteiger partial charge in [0.05, 0.1) is 11.8 Å². The van der Waals surface area contributed by atoms with Gasteiger partial charge >= 0.3 is 0 Å². The van der Waals surface area contributed by atoms with Crippen LogP contribution in [0.5, 0.6) is 0 Å². The van der Waals surface area contributed by atoms with Crippen molar-refractivity contribution < 1.29 is 17.6 Å². The molecule has 9 heteroatoms. The number of nitrogens with zero attached hydrogens (tertiary/aromatic N) is 2. The molecule has 0 fully saturated rings. The molecule has 1 aromatic heterocycles. The van der Waals surface area contributed by atoms with Crippen molar-refractivity contribution in [1.82, 2.24) is 14.5 Å².